The first kappa shape index (κ1) is 17.9. The first-order valence-corrected chi connectivity index (χ1v) is 7.91. The second kappa shape index (κ2) is 8.43. The average molecular weight is 333 g/mol. The maximum absolute atomic E-state index is 13.5. The molecule has 2 rings (SSSR count). The van der Waals surface area contributed by atoms with E-state index in [-0.39, 0.29) is 30.4 Å². The molecular weight excluding hydrogens is 312 g/mol. The molecule has 0 aliphatic carbocycles. The Bertz CT molecular complexity index is 702. The zero-order valence-corrected chi connectivity index (χ0v) is 13.8. The number of aryl methyl sites for hydroxylation is 1. The monoisotopic (exact) mass is 333 g/mol. The van der Waals surface area contributed by atoms with Crippen molar-refractivity contribution in [2.45, 2.75) is 39.3 Å². The Hall–Kier alpha value is -2.43. The third kappa shape index (κ3) is 5.33. The van der Waals surface area contributed by atoms with Crippen molar-refractivity contribution in [3.63, 3.8) is 0 Å². The number of halogens is 2. The molecule has 0 heterocycles. The van der Waals surface area contributed by atoms with Crippen LogP contribution < -0.4 is 10.1 Å². The zero-order chi connectivity index (χ0) is 17.5. The van der Waals surface area contributed by atoms with Gasteiger partial charge in [0, 0.05) is 13.0 Å². The lowest BCUT2D eigenvalue weighted by molar-refractivity contribution is -0.121. The number of hydrogen-bond acceptors (Lipinski definition) is 2. The van der Waals surface area contributed by atoms with E-state index in [9.17, 15) is 13.6 Å². The van der Waals surface area contributed by atoms with Gasteiger partial charge in [0.2, 0.25) is 5.91 Å². The first-order chi connectivity index (χ1) is 11.5. The Kier molecular flexibility index (Phi) is 6.29. The van der Waals surface area contributed by atoms with E-state index in [1.807, 2.05) is 38.1 Å². The molecule has 0 aliphatic heterocycles. The van der Waals surface area contributed by atoms with Gasteiger partial charge < -0.3 is 10.1 Å². The van der Waals surface area contributed by atoms with Gasteiger partial charge in [-0.1, -0.05) is 24.3 Å². The van der Waals surface area contributed by atoms with E-state index in [1.54, 1.807) is 0 Å². The van der Waals surface area contributed by atoms with Crippen molar-refractivity contribution < 1.29 is 18.3 Å². The van der Waals surface area contributed by atoms with Crippen molar-refractivity contribution in [1.29, 1.82) is 0 Å². The smallest absolute Gasteiger partial charge is 0.220 e. The molecule has 24 heavy (non-hydrogen) atoms. The van der Waals surface area contributed by atoms with Crippen LogP contribution in [-0.4, -0.2) is 12.0 Å². The summed E-state index contributed by atoms with van der Waals surface area (Å²) in [5, 5.41) is 2.77. The maximum Gasteiger partial charge on any atom is 0.220 e. The zero-order valence-electron chi connectivity index (χ0n) is 13.8. The summed E-state index contributed by atoms with van der Waals surface area (Å²) in [5.41, 5.74) is 1.12. The van der Waals surface area contributed by atoms with Crippen LogP contribution in [0.5, 0.6) is 5.75 Å². The molecule has 1 amide bonds. The van der Waals surface area contributed by atoms with Crippen LogP contribution in [-0.2, 0) is 17.8 Å². The quantitative estimate of drug-likeness (QED) is 0.832. The molecule has 0 bridgehead atoms. The van der Waals surface area contributed by atoms with Gasteiger partial charge in [-0.25, -0.2) is 8.78 Å². The molecule has 0 aromatic heterocycles. The van der Waals surface area contributed by atoms with Crippen LogP contribution in [0, 0.1) is 11.6 Å². The molecule has 0 atom stereocenters. The fourth-order valence-electron chi connectivity index (χ4n) is 2.28. The summed E-state index contributed by atoms with van der Waals surface area (Å²) in [7, 11) is 0. The van der Waals surface area contributed by atoms with E-state index < -0.39 is 11.6 Å². The lowest BCUT2D eigenvalue weighted by atomic mass is 10.1. The molecule has 1 N–H and O–H groups in total. The molecule has 0 aliphatic rings. The molecule has 2 aromatic rings. The molecule has 0 spiro atoms. The Labute approximate surface area is 140 Å². The van der Waals surface area contributed by atoms with Gasteiger partial charge in [0.15, 0.2) is 11.6 Å². The van der Waals surface area contributed by atoms with Crippen LogP contribution in [0.3, 0.4) is 0 Å². The van der Waals surface area contributed by atoms with E-state index in [0.29, 0.717) is 6.54 Å². The van der Waals surface area contributed by atoms with Crippen molar-refractivity contribution >= 4 is 5.91 Å². The molecular formula is C19H21F2NO2. The summed E-state index contributed by atoms with van der Waals surface area (Å²) in [6.07, 6.45) is 0.338. The Morgan fingerprint density at radius 3 is 2.67 bits per heavy atom. The number of hydrogen-bond donors (Lipinski definition) is 1. The van der Waals surface area contributed by atoms with Gasteiger partial charge in [0.1, 0.15) is 5.75 Å². The largest absolute Gasteiger partial charge is 0.491 e. The number of rotatable bonds is 7. The maximum atomic E-state index is 13.5. The van der Waals surface area contributed by atoms with Crippen molar-refractivity contribution in [3.8, 4) is 5.75 Å². The third-order valence-electron chi connectivity index (χ3n) is 3.41. The number of ether oxygens (including phenoxy) is 1. The fraction of sp³-hybridized carbons (Fsp3) is 0.316. The first-order valence-electron chi connectivity index (χ1n) is 7.91. The molecule has 128 valence electrons. The second-order valence-corrected chi connectivity index (χ2v) is 5.80. The molecule has 0 fully saturated rings. The number of benzene rings is 2. The molecule has 0 unspecified atom stereocenters. The van der Waals surface area contributed by atoms with Crippen LogP contribution in [0.15, 0.2) is 42.5 Å². The Morgan fingerprint density at radius 1 is 1.17 bits per heavy atom. The van der Waals surface area contributed by atoms with Crippen LogP contribution in [0.4, 0.5) is 8.78 Å². The van der Waals surface area contributed by atoms with Crippen molar-refractivity contribution in [1.82, 2.24) is 5.32 Å². The highest BCUT2D eigenvalue weighted by molar-refractivity contribution is 5.76. The van der Waals surface area contributed by atoms with E-state index >= 15 is 0 Å². The number of nitrogens with one attached hydrogen (secondary N) is 1. The van der Waals surface area contributed by atoms with Gasteiger partial charge in [-0.2, -0.15) is 0 Å². The molecule has 0 saturated heterocycles. The fourth-order valence-corrected chi connectivity index (χ4v) is 2.28. The Balaban J connectivity index is 1.84. The average Bonchev–Trinajstić information content (AvgIpc) is 2.54. The van der Waals surface area contributed by atoms with Crippen LogP contribution in [0.25, 0.3) is 0 Å². The van der Waals surface area contributed by atoms with Crippen molar-refractivity contribution in [2.24, 2.45) is 0 Å². The molecule has 2 aromatic carbocycles. The summed E-state index contributed by atoms with van der Waals surface area (Å²) in [4.78, 5) is 11.9. The summed E-state index contributed by atoms with van der Waals surface area (Å²) in [6, 6.07) is 11.5. The van der Waals surface area contributed by atoms with Gasteiger partial charge >= 0.3 is 0 Å². The lowest BCUT2D eigenvalue weighted by Gasteiger charge is -2.11. The predicted molar refractivity (Wildman–Crippen MR) is 88.7 cm³/mol. The number of carbonyl (C=O) groups excluding carboxylic acids is 1. The van der Waals surface area contributed by atoms with E-state index in [4.69, 9.17) is 4.74 Å². The van der Waals surface area contributed by atoms with Crippen LogP contribution in [0.2, 0.25) is 0 Å². The van der Waals surface area contributed by atoms with Crippen LogP contribution >= 0.6 is 0 Å². The molecule has 3 nitrogen and oxygen atoms in total. The van der Waals surface area contributed by atoms with Crippen LogP contribution in [0.1, 0.15) is 31.4 Å². The van der Waals surface area contributed by atoms with Crippen molar-refractivity contribution in [2.75, 3.05) is 0 Å². The SMILES string of the molecule is CC(C)Oc1cccc(CNC(=O)CCc2cccc(F)c2F)c1. The minimum Gasteiger partial charge on any atom is -0.491 e. The van der Waals surface area contributed by atoms with Gasteiger partial charge in [0.05, 0.1) is 6.10 Å². The van der Waals surface area contributed by atoms with E-state index in [0.717, 1.165) is 17.4 Å². The highest BCUT2D eigenvalue weighted by Gasteiger charge is 2.10. The normalized spacial score (nSPS) is 10.7. The Morgan fingerprint density at radius 2 is 1.92 bits per heavy atom. The third-order valence-corrected chi connectivity index (χ3v) is 3.41. The standard InChI is InChI=1S/C19H21F2NO2/c1-13(2)24-16-7-3-5-14(11-16)12-22-18(23)10-9-15-6-4-8-17(20)19(15)21/h3-8,11,13H,9-10,12H2,1-2H3,(H,22,23). The summed E-state index contributed by atoms with van der Waals surface area (Å²) < 4.78 is 32.2. The summed E-state index contributed by atoms with van der Waals surface area (Å²) in [5.74, 6) is -1.24. The molecule has 0 saturated carbocycles. The van der Waals surface area contributed by atoms with E-state index in [1.165, 1.54) is 12.1 Å². The number of carbonyl (C=O) groups is 1. The summed E-state index contributed by atoms with van der Waals surface area (Å²) >= 11 is 0. The highest BCUT2D eigenvalue weighted by Crippen LogP contribution is 2.15. The summed E-state index contributed by atoms with van der Waals surface area (Å²) in [6.45, 7) is 4.25. The topological polar surface area (TPSA) is 38.3 Å². The second-order valence-electron chi connectivity index (χ2n) is 5.80. The van der Waals surface area contributed by atoms with Gasteiger partial charge in [0.25, 0.3) is 0 Å². The van der Waals surface area contributed by atoms with Gasteiger partial charge in [-0.05, 0) is 49.6 Å². The number of amides is 1. The van der Waals surface area contributed by atoms with Gasteiger partial charge in [-0.15, -0.1) is 0 Å². The predicted octanol–water partition coefficient (Wildman–Crippen LogP) is 4.00. The minimum atomic E-state index is -0.894. The van der Waals surface area contributed by atoms with E-state index in [2.05, 4.69) is 5.32 Å². The van der Waals surface area contributed by atoms with Crippen molar-refractivity contribution in [3.05, 3.63) is 65.2 Å². The minimum absolute atomic E-state index is 0.0796. The molecule has 0 radical (unpaired) electrons. The molecule has 5 heteroatoms. The lowest BCUT2D eigenvalue weighted by Crippen LogP contribution is -2.23. The highest BCUT2D eigenvalue weighted by atomic mass is 19.2. The van der Waals surface area contributed by atoms with Gasteiger partial charge in [-0.3, -0.25) is 4.79 Å².